The molecule has 2 amide bonds. The van der Waals surface area contributed by atoms with Gasteiger partial charge in [0.2, 0.25) is 11.9 Å². The van der Waals surface area contributed by atoms with Crippen molar-refractivity contribution in [2.75, 3.05) is 18.4 Å². The van der Waals surface area contributed by atoms with Gasteiger partial charge in [-0.3, -0.25) is 9.48 Å². The Balaban J connectivity index is 1.32. The topological polar surface area (TPSA) is 139 Å². The zero-order valence-corrected chi connectivity index (χ0v) is 21.0. The number of aromatic nitrogens is 4. The van der Waals surface area contributed by atoms with Crippen LogP contribution in [-0.2, 0) is 29.2 Å². The molecule has 5 rings (SSSR count). The zero-order valence-electron chi connectivity index (χ0n) is 21.0. The molecule has 1 saturated carbocycles. The number of amides is 2. The smallest absolute Gasteiger partial charge is 0.419 e. The predicted molar refractivity (Wildman–Crippen MR) is 134 cm³/mol. The third-order valence-electron chi connectivity index (χ3n) is 7.53. The van der Waals surface area contributed by atoms with Crippen LogP contribution in [0.25, 0.3) is 0 Å². The molecule has 10 nitrogen and oxygen atoms in total. The molecule has 2 aromatic heterocycles. The van der Waals surface area contributed by atoms with Crippen LogP contribution in [0.5, 0.6) is 0 Å². The van der Waals surface area contributed by atoms with Crippen LogP contribution < -0.4 is 11.1 Å². The van der Waals surface area contributed by atoms with Crippen molar-refractivity contribution >= 4 is 23.6 Å². The van der Waals surface area contributed by atoms with Crippen LogP contribution in [-0.4, -0.2) is 54.8 Å². The molecule has 1 aliphatic carbocycles. The maximum absolute atomic E-state index is 13.8. The number of carboxylic acid groups (broad SMARTS) is 1. The largest absolute Gasteiger partial charge is 0.465 e. The Morgan fingerprint density at radius 3 is 2.49 bits per heavy atom. The van der Waals surface area contributed by atoms with Crippen molar-refractivity contribution in [2.45, 2.75) is 56.2 Å². The normalized spacial score (nSPS) is 17.2. The second-order valence-corrected chi connectivity index (χ2v) is 9.99. The van der Waals surface area contributed by atoms with E-state index in [0.717, 1.165) is 17.3 Å². The fourth-order valence-electron chi connectivity index (χ4n) is 5.19. The van der Waals surface area contributed by atoms with E-state index in [0.29, 0.717) is 44.5 Å². The summed E-state index contributed by atoms with van der Waals surface area (Å²) in [4.78, 5) is 32.6. The lowest BCUT2D eigenvalue weighted by molar-refractivity contribution is -0.138. The molecule has 1 saturated heterocycles. The van der Waals surface area contributed by atoms with E-state index in [9.17, 15) is 22.8 Å². The molecule has 0 atom stereocenters. The van der Waals surface area contributed by atoms with Gasteiger partial charge in [-0.25, -0.2) is 14.8 Å². The lowest BCUT2D eigenvalue weighted by Crippen LogP contribution is -2.38. The molecular weight excluding hydrogens is 515 g/mol. The first-order valence-electron chi connectivity index (χ1n) is 12.7. The minimum Gasteiger partial charge on any atom is -0.465 e. The number of nitrogens with two attached hydrogens (primary N) is 1. The Morgan fingerprint density at radius 1 is 1.13 bits per heavy atom. The Bertz CT molecular complexity index is 1380. The fourth-order valence-corrected chi connectivity index (χ4v) is 5.19. The van der Waals surface area contributed by atoms with Gasteiger partial charge in [-0.2, -0.15) is 18.3 Å². The number of carbonyl (C=O) groups excluding carboxylic acids is 1. The molecule has 3 aromatic rings. The van der Waals surface area contributed by atoms with Crippen LogP contribution in [0.1, 0.15) is 54.1 Å². The third kappa shape index (κ3) is 5.52. The van der Waals surface area contributed by atoms with Crippen molar-refractivity contribution in [3.05, 3.63) is 65.2 Å². The van der Waals surface area contributed by atoms with Gasteiger partial charge in [-0.15, -0.1) is 0 Å². The Hall–Kier alpha value is -4.16. The van der Waals surface area contributed by atoms with Crippen molar-refractivity contribution in [1.82, 2.24) is 24.6 Å². The number of alkyl halides is 3. The number of aryl methyl sites for hydroxylation is 2. The van der Waals surface area contributed by atoms with Crippen LogP contribution in [0.2, 0.25) is 0 Å². The second-order valence-electron chi connectivity index (χ2n) is 9.99. The van der Waals surface area contributed by atoms with E-state index >= 15 is 0 Å². The summed E-state index contributed by atoms with van der Waals surface area (Å²) in [6, 6.07) is 7.22. The molecular formula is C26H28F3N7O3. The van der Waals surface area contributed by atoms with Gasteiger partial charge in [0.1, 0.15) is 0 Å². The minimum atomic E-state index is -4.63. The molecule has 2 aliphatic rings. The fraction of sp³-hybridized carbons (Fsp3) is 0.423. The first-order valence-corrected chi connectivity index (χ1v) is 12.7. The SMILES string of the molecule is NC(=O)C1(c2ccccc2CCc2nc(Nc3cnn(C4CCN(C(=O)O)CC4)c3)ncc2C(F)(F)F)CC1. The first kappa shape index (κ1) is 26.4. The highest BCUT2D eigenvalue weighted by atomic mass is 19.4. The van der Waals surface area contributed by atoms with Crippen molar-refractivity contribution in [1.29, 1.82) is 0 Å². The van der Waals surface area contributed by atoms with Crippen LogP contribution in [0.15, 0.2) is 42.9 Å². The first-order chi connectivity index (χ1) is 18.6. The van der Waals surface area contributed by atoms with Crippen molar-refractivity contribution in [2.24, 2.45) is 5.73 Å². The summed E-state index contributed by atoms with van der Waals surface area (Å²) in [5.74, 6) is -0.422. The van der Waals surface area contributed by atoms with Crippen LogP contribution >= 0.6 is 0 Å². The standard InChI is InChI=1S/C26H28F3N7O3/c27-26(28,29)20-14-31-23(33-17-13-32-36(15-17)18-7-11-35(12-8-18)24(38)39)34-21(20)6-5-16-3-1-2-4-19(16)25(9-10-25)22(30)37/h1-4,13-15,18H,5-12H2,(H2,30,37)(H,38,39)(H,31,33,34). The molecule has 1 aliphatic heterocycles. The number of halogens is 3. The minimum absolute atomic E-state index is 0.00216. The zero-order chi connectivity index (χ0) is 27.8. The van der Waals surface area contributed by atoms with Gasteiger partial charge in [-0.1, -0.05) is 24.3 Å². The average Bonchev–Trinajstić information content (AvgIpc) is 3.60. The molecule has 206 valence electrons. The third-order valence-corrected chi connectivity index (χ3v) is 7.53. The van der Waals surface area contributed by atoms with E-state index in [1.807, 2.05) is 6.07 Å². The Morgan fingerprint density at radius 2 is 1.85 bits per heavy atom. The van der Waals surface area contributed by atoms with Gasteiger partial charge in [0.25, 0.3) is 0 Å². The van der Waals surface area contributed by atoms with E-state index in [4.69, 9.17) is 10.8 Å². The quantitative estimate of drug-likeness (QED) is 0.389. The number of rotatable bonds is 8. The summed E-state index contributed by atoms with van der Waals surface area (Å²) in [6.07, 6.45) is 1.12. The van der Waals surface area contributed by atoms with Gasteiger partial charge in [-0.05, 0) is 49.7 Å². The summed E-state index contributed by atoms with van der Waals surface area (Å²) in [6.45, 7) is 0.801. The lowest BCUT2D eigenvalue weighted by Gasteiger charge is -2.29. The van der Waals surface area contributed by atoms with Crippen LogP contribution in [0.3, 0.4) is 0 Å². The van der Waals surface area contributed by atoms with Crippen molar-refractivity contribution < 1.29 is 27.9 Å². The highest BCUT2D eigenvalue weighted by Crippen LogP contribution is 2.49. The van der Waals surface area contributed by atoms with Crippen LogP contribution in [0, 0.1) is 0 Å². The highest BCUT2D eigenvalue weighted by Gasteiger charge is 2.50. The molecule has 1 aromatic carbocycles. The molecule has 13 heteroatoms. The number of carbonyl (C=O) groups is 2. The molecule has 3 heterocycles. The Kier molecular flexibility index (Phi) is 6.91. The Labute approximate surface area is 222 Å². The molecule has 0 bridgehead atoms. The maximum Gasteiger partial charge on any atom is 0.419 e. The summed E-state index contributed by atoms with van der Waals surface area (Å²) < 4.78 is 43.1. The average molecular weight is 544 g/mol. The van der Waals surface area contributed by atoms with E-state index in [1.54, 1.807) is 29.1 Å². The van der Waals surface area contributed by atoms with Gasteiger partial charge in [0.15, 0.2) is 0 Å². The summed E-state index contributed by atoms with van der Waals surface area (Å²) in [5, 5.41) is 16.4. The molecule has 39 heavy (non-hydrogen) atoms. The molecule has 4 N–H and O–H groups in total. The van der Waals surface area contributed by atoms with E-state index in [-0.39, 0.29) is 30.5 Å². The molecule has 0 radical (unpaired) electrons. The molecule has 2 fully saturated rings. The number of hydrogen-bond acceptors (Lipinski definition) is 6. The second kappa shape index (κ2) is 10.2. The van der Waals surface area contributed by atoms with Crippen molar-refractivity contribution in [3.63, 3.8) is 0 Å². The predicted octanol–water partition coefficient (Wildman–Crippen LogP) is 4.05. The van der Waals surface area contributed by atoms with Gasteiger partial charge >= 0.3 is 12.3 Å². The number of anilines is 2. The number of nitrogens with one attached hydrogen (secondary N) is 1. The maximum atomic E-state index is 13.8. The molecule has 0 unspecified atom stereocenters. The number of hydrogen-bond donors (Lipinski definition) is 3. The lowest BCUT2D eigenvalue weighted by atomic mass is 9.88. The number of likely N-dealkylation sites (tertiary alicyclic amines) is 1. The van der Waals surface area contributed by atoms with Gasteiger partial charge < -0.3 is 21.1 Å². The number of benzene rings is 1. The van der Waals surface area contributed by atoms with E-state index in [2.05, 4.69) is 20.4 Å². The summed E-state index contributed by atoms with van der Waals surface area (Å²) in [7, 11) is 0. The summed E-state index contributed by atoms with van der Waals surface area (Å²) >= 11 is 0. The number of piperidine rings is 1. The van der Waals surface area contributed by atoms with Crippen LogP contribution in [0.4, 0.5) is 29.6 Å². The van der Waals surface area contributed by atoms with Gasteiger partial charge in [0, 0.05) is 25.5 Å². The molecule has 0 spiro atoms. The van der Waals surface area contributed by atoms with E-state index in [1.165, 1.54) is 11.1 Å². The van der Waals surface area contributed by atoms with Gasteiger partial charge in [0.05, 0.1) is 34.6 Å². The highest BCUT2D eigenvalue weighted by molar-refractivity contribution is 5.90. The van der Waals surface area contributed by atoms with E-state index < -0.39 is 29.2 Å². The van der Waals surface area contributed by atoms with Crippen molar-refractivity contribution in [3.8, 4) is 0 Å². The summed E-state index contributed by atoms with van der Waals surface area (Å²) in [5.41, 5.74) is 5.85. The monoisotopic (exact) mass is 543 g/mol. The number of nitrogens with zero attached hydrogens (tertiary/aromatic N) is 5. The number of primary amides is 1.